The lowest BCUT2D eigenvalue weighted by atomic mass is 10.2. The molecule has 0 aliphatic rings. The maximum atomic E-state index is 12.1. The molecule has 2 aromatic carbocycles. The zero-order valence-corrected chi connectivity index (χ0v) is 13.1. The van der Waals surface area contributed by atoms with Crippen LogP contribution in [0.2, 0.25) is 10.0 Å². The number of nitro groups is 1. The van der Waals surface area contributed by atoms with Crippen molar-refractivity contribution < 1.29 is 23.5 Å². The number of hydrogen-bond donors (Lipinski definition) is 1. The van der Waals surface area contributed by atoms with Crippen molar-refractivity contribution in [1.82, 2.24) is 0 Å². The van der Waals surface area contributed by atoms with E-state index in [1.54, 1.807) is 0 Å². The van der Waals surface area contributed by atoms with Gasteiger partial charge < -0.3 is 9.84 Å². The van der Waals surface area contributed by atoms with E-state index in [2.05, 4.69) is 9.73 Å². The lowest BCUT2D eigenvalue weighted by Gasteiger charge is -2.06. The molecule has 0 atom stereocenters. The van der Waals surface area contributed by atoms with Gasteiger partial charge in [-0.2, -0.15) is 8.78 Å². The van der Waals surface area contributed by atoms with Crippen LogP contribution in [-0.4, -0.2) is 22.9 Å². The first kappa shape index (κ1) is 17.9. The molecule has 0 saturated heterocycles. The van der Waals surface area contributed by atoms with E-state index in [-0.39, 0.29) is 27.0 Å². The van der Waals surface area contributed by atoms with Crippen LogP contribution in [0.1, 0.15) is 5.56 Å². The third kappa shape index (κ3) is 4.30. The fourth-order valence-electron chi connectivity index (χ4n) is 1.75. The van der Waals surface area contributed by atoms with Gasteiger partial charge in [0.05, 0.1) is 15.6 Å². The normalized spacial score (nSPS) is 11.2. The fraction of sp³-hybridized carbons (Fsp3) is 0.0714. The molecule has 0 bridgehead atoms. The Morgan fingerprint density at radius 3 is 2.58 bits per heavy atom. The van der Waals surface area contributed by atoms with E-state index >= 15 is 0 Å². The number of rotatable bonds is 5. The maximum Gasteiger partial charge on any atom is 0.387 e. The first-order chi connectivity index (χ1) is 11.3. The van der Waals surface area contributed by atoms with Gasteiger partial charge in [0.15, 0.2) is 0 Å². The molecule has 126 valence electrons. The number of benzene rings is 2. The zero-order chi connectivity index (χ0) is 17.9. The minimum Gasteiger partial charge on any atom is -0.502 e. The summed E-state index contributed by atoms with van der Waals surface area (Å²) in [7, 11) is 0. The van der Waals surface area contributed by atoms with E-state index in [4.69, 9.17) is 23.2 Å². The number of halogens is 4. The quantitative estimate of drug-likeness (QED) is 0.454. The van der Waals surface area contributed by atoms with E-state index in [1.807, 2.05) is 0 Å². The van der Waals surface area contributed by atoms with Crippen molar-refractivity contribution in [2.45, 2.75) is 6.61 Å². The minimum atomic E-state index is -3.01. The van der Waals surface area contributed by atoms with E-state index < -0.39 is 23.0 Å². The molecule has 10 heteroatoms. The molecule has 0 fully saturated rings. The number of nitro benzene ring substituents is 1. The molecule has 0 unspecified atom stereocenters. The van der Waals surface area contributed by atoms with Crippen LogP contribution in [0.3, 0.4) is 0 Å². The van der Waals surface area contributed by atoms with Crippen LogP contribution in [0.25, 0.3) is 0 Å². The second-order valence-electron chi connectivity index (χ2n) is 4.37. The number of aliphatic imine (C=N–C) groups is 1. The molecule has 24 heavy (non-hydrogen) atoms. The summed E-state index contributed by atoms with van der Waals surface area (Å²) in [4.78, 5) is 14.0. The van der Waals surface area contributed by atoms with Gasteiger partial charge in [-0.25, -0.2) is 0 Å². The van der Waals surface area contributed by atoms with Gasteiger partial charge in [0.2, 0.25) is 5.75 Å². The summed E-state index contributed by atoms with van der Waals surface area (Å²) in [6, 6.07) is 6.08. The number of hydrogen-bond acceptors (Lipinski definition) is 5. The largest absolute Gasteiger partial charge is 0.502 e. The van der Waals surface area contributed by atoms with Gasteiger partial charge in [-0.3, -0.25) is 15.1 Å². The van der Waals surface area contributed by atoms with E-state index in [0.29, 0.717) is 0 Å². The first-order valence-electron chi connectivity index (χ1n) is 6.23. The Morgan fingerprint density at radius 1 is 1.29 bits per heavy atom. The Balaban J connectivity index is 2.31. The van der Waals surface area contributed by atoms with Crippen molar-refractivity contribution in [1.29, 1.82) is 0 Å². The number of nitrogens with zero attached hydrogens (tertiary/aromatic N) is 2. The number of ether oxygens (including phenoxy) is 1. The number of phenolic OH excluding ortho intramolecular Hbond substituents is 1. The molecule has 2 rings (SSSR count). The summed E-state index contributed by atoms with van der Waals surface area (Å²) >= 11 is 11.5. The standard InChI is InChI=1S/C14H8Cl2F2N2O4/c15-8-3-7(13(21)11(4-8)20(22)23)6-19-9-1-2-12(10(16)5-9)24-14(17)18/h1-6,14,21H. The molecule has 0 saturated carbocycles. The van der Waals surface area contributed by atoms with Gasteiger partial charge >= 0.3 is 12.3 Å². The third-order valence-electron chi connectivity index (χ3n) is 2.76. The average molecular weight is 377 g/mol. The Kier molecular flexibility index (Phi) is 5.53. The summed E-state index contributed by atoms with van der Waals surface area (Å²) in [6.45, 7) is -3.01. The average Bonchev–Trinajstić information content (AvgIpc) is 2.49. The third-order valence-corrected chi connectivity index (χ3v) is 3.28. The summed E-state index contributed by atoms with van der Waals surface area (Å²) in [5, 5.41) is 20.6. The minimum absolute atomic E-state index is 0.0122. The van der Waals surface area contributed by atoms with Crippen molar-refractivity contribution in [2.24, 2.45) is 4.99 Å². The van der Waals surface area contributed by atoms with Crippen LogP contribution < -0.4 is 4.74 Å². The topological polar surface area (TPSA) is 85.0 Å². The van der Waals surface area contributed by atoms with Gasteiger partial charge in [0, 0.05) is 22.9 Å². The molecule has 0 radical (unpaired) electrons. The van der Waals surface area contributed by atoms with E-state index in [9.17, 15) is 24.0 Å². The highest BCUT2D eigenvalue weighted by Gasteiger charge is 2.17. The zero-order valence-electron chi connectivity index (χ0n) is 11.6. The number of aromatic hydroxyl groups is 1. The fourth-order valence-corrected chi connectivity index (χ4v) is 2.19. The maximum absolute atomic E-state index is 12.1. The lowest BCUT2D eigenvalue weighted by Crippen LogP contribution is -2.01. The molecular formula is C14H8Cl2F2N2O4. The van der Waals surface area contributed by atoms with Crippen molar-refractivity contribution in [3.63, 3.8) is 0 Å². The van der Waals surface area contributed by atoms with Crippen LogP contribution >= 0.6 is 23.2 Å². The summed E-state index contributed by atoms with van der Waals surface area (Å²) in [6.07, 6.45) is 1.13. The molecule has 1 N–H and O–H groups in total. The molecule has 2 aromatic rings. The Hall–Kier alpha value is -2.45. The summed E-state index contributed by atoms with van der Waals surface area (Å²) < 4.78 is 28.5. The Labute approximate surface area is 144 Å². The summed E-state index contributed by atoms with van der Waals surface area (Å²) in [5.74, 6) is -0.816. The van der Waals surface area contributed by atoms with Crippen molar-refractivity contribution in [3.8, 4) is 11.5 Å². The van der Waals surface area contributed by atoms with Crippen LogP contribution in [0, 0.1) is 10.1 Å². The van der Waals surface area contributed by atoms with Crippen LogP contribution in [0.15, 0.2) is 35.3 Å². The summed E-state index contributed by atoms with van der Waals surface area (Å²) in [5.41, 5.74) is -0.301. The van der Waals surface area contributed by atoms with Gasteiger partial charge in [-0.05, 0) is 24.3 Å². The molecular weight excluding hydrogens is 369 g/mol. The first-order valence-corrected chi connectivity index (χ1v) is 6.99. The number of alkyl halides is 2. The SMILES string of the molecule is O=[N+]([O-])c1cc(Cl)cc(C=Nc2ccc(OC(F)F)c(Cl)c2)c1O. The monoisotopic (exact) mass is 376 g/mol. The Bertz CT molecular complexity index is 816. The molecule has 0 aromatic heterocycles. The van der Waals surface area contributed by atoms with Crippen LogP contribution in [-0.2, 0) is 0 Å². The van der Waals surface area contributed by atoms with Gasteiger partial charge in [-0.1, -0.05) is 23.2 Å². The van der Waals surface area contributed by atoms with Crippen molar-refractivity contribution in [2.75, 3.05) is 0 Å². The van der Waals surface area contributed by atoms with E-state index in [1.165, 1.54) is 24.3 Å². The highest BCUT2D eigenvalue weighted by molar-refractivity contribution is 6.32. The smallest absolute Gasteiger partial charge is 0.387 e. The van der Waals surface area contributed by atoms with Crippen LogP contribution in [0.4, 0.5) is 20.2 Å². The van der Waals surface area contributed by atoms with Gasteiger partial charge in [-0.15, -0.1) is 0 Å². The molecule has 0 aliphatic heterocycles. The molecule has 0 amide bonds. The predicted octanol–water partition coefficient (Wildman–Crippen LogP) is 4.96. The molecule has 0 spiro atoms. The second-order valence-corrected chi connectivity index (χ2v) is 5.21. The number of phenols is 1. The second kappa shape index (κ2) is 7.41. The molecule has 0 heterocycles. The Morgan fingerprint density at radius 2 is 2.00 bits per heavy atom. The highest BCUT2D eigenvalue weighted by atomic mass is 35.5. The van der Waals surface area contributed by atoms with E-state index in [0.717, 1.165) is 12.3 Å². The highest BCUT2D eigenvalue weighted by Crippen LogP contribution is 2.33. The lowest BCUT2D eigenvalue weighted by molar-refractivity contribution is -0.385. The molecule has 0 aliphatic carbocycles. The van der Waals surface area contributed by atoms with Gasteiger partial charge in [0.25, 0.3) is 0 Å². The predicted molar refractivity (Wildman–Crippen MR) is 85.1 cm³/mol. The van der Waals surface area contributed by atoms with Gasteiger partial charge in [0.1, 0.15) is 5.75 Å². The van der Waals surface area contributed by atoms with Crippen LogP contribution in [0.5, 0.6) is 11.5 Å². The van der Waals surface area contributed by atoms with Crippen molar-refractivity contribution >= 4 is 40.8 Å². The molecule has 6 nitrogen and oxygen atoms in total. The van der Waals surface area contributed by atoms with Crippen molar-refractivity contribution in [3.05, 3.63) is 56.1 Å².